The predicted molar refractivity (Wildman–Crippen MR) is 148 cm³/mol. The molecule has 0 radical (unpaired) electrons. The summed E-state index contributed by atoms with van der Waals surface area (Å²) >= 11 is 0. The fourth-order valence-electron chi connectivity index (χ4n) is 4.91. The number of piperazine rings is 1. The van der Waals surface area contributed by atoms with Gasteiger partial charge in [-0.3, -0.25) is 14.5 Å². The lowest BCUT2D eigenvalue weighted by Crippen LogP contribution is -2.47. The van der Waals surface area contributed by atoms with Crippen molar-refractivity contribution in [3.05, 3.63) is 106 Å². The van der Waals surface area contributed by atoms with Crippen LogP contribution in [-0.4, -0.2) is 59.9 Å². The van der Waals surface area contributed by atoms with E-state index in [4.69, 9.17) is 0 Å². The van der Waals surface area contributed by atoms with Crippen molar-refractivity contribution in [3.8, 4) is 0 Å². The van der Waals surface area contributed by atoms with Gasteiger partial charge < -0.3 is 10.2 Å². The van der Waals surface area contributed by atoms with Gasteiger partial charge in [0.05, 0.1) is 11.9 Å². The maximum Gasteiger partial charge on any atom is 0.274 e. The Labute approximate surface area is 217 Å². The van der Waals surface area contributed by atoms with Crippen LogP contribution >= 0.6 is 0 Å². The van der Waals surface area contributed by atoms with Crippen LogP contribution in [0.1, 0.15) is 28.0 Å². The number of rotatable bonds is 8. The standard InChI is InChI=1S/C30H33N5O2/c1-23-9-7-12-25(21-23)34-19-17-33(18-20-34)16-8-15-31-29(36)28-26-13-5-6-14-27(26)30(37)35(32-28)22-24-10-3-2-4-11-24/h2-7,9-14,21H,8,15-20,22H2,1H3,(H,31,36). The number of carbonyl (C=O) groups is 1. The highest BCUT2D eigenvalue weighted by Crippen LogP contribution is 2.18. The van der Waals surface area contributed by atoms with Gasteiger partial charge in [-0.15, -0.1) is 0 Å². The van der Waals surface area contributed by atoms with Crippen molar-refractivity contribution in [2.45, 2.75) is 19.9 Å². The van der Waals surface area contributed by atoms with Crippen LogP contribution in [0.2, 0.25) is 0 Å². The third-order valence-corrected chi connectivity index (χ3v) is 6.93. The Morgan fingerprint density at radius 2 is 1.62 bits per heavy atom. The number of nitrogens with zero attached hydrogens (tertiary/aromatic N) is 4. The van der Waals surface area contributed by atoms with Gasteiger partial charge in [-0.1, -0.05) is 60.7 Å². The van der Waals surface area contributed by atoms with Crippen molar-refractivity contribution in [1.82, 2.24) is 20.0 Å². The Hall–Kier alpha value is -3.97. The average molecular weight is 496 g/mol. The Kier molecular flexibility index (Phi) is 7.61. The summed E-state index contributed by atoms with van der Waals surface area (Å²) in [4.78, 5) is 31.1. The molecule has 1 amide bonds. The maximum atomic E-state index is 13.1. The summed E-state index contributed by atoms with van der Waals surface area (Å²) in [6.07, 6.45) is 0.859. The van der Waals surface area contributed by atoms with Crippen molar-refractivity contribution in [2.24, 2.45) is 0 Å². The molecule has 0 bridgehead atoms. The van der Waals surface area contributed by atoms with Crippen LogP contribution in [0, 0.1) is 6.92 Å². The molecule has 0 unspecified atom stereocenters. The molecule has 1 aromatic heterocycles. The third kappa shape index (κ3) is 5.89. The lowest BCUT2D eigenvalue weighted by Gasteiger charge is -2.36. The van der Waals surface area contributed by atoms with E-state index in [1.54, 1.807) is 12.1 Å². The first-order valence-electron chi connectivity index (χ1n) is 12.9. The summed E-state index contributed by atoms with van der Waals surface area (Å²) in [5, 5.41) is 8.60. The van der Waals surface area contributed by atoms with Gasteiger partial charge in [-0.25, -0.2) is 4.68 Å². The molecule has 190 valence electrons. The molecule has 7 heteroatoms. The lowest BCUT2D eigenvalue weighted by atomic mass is 10.1. The van der Waals surface area contributed by atoms with Gasteiger partial charge in [0.15, 0.2) is 5.69 Å². The molecule has 2 heterocycles. The maximum absolute atomic E-state index is 13.1. The molecule has 1 aliphatic rings. The molecule has 3 aromatic carbocycles. The average Bonchev–Trinajstić information content (AvgIpc) is 2.93. The van der Waals surface area contributed by atoms with Crippen LogP contribution in [0.25, 0.3) is 10.8 Å². The minimum absolute atomic E-state index is 0.194. The van der Waals surface area contributed by atoms with Gasteiger partial charge >= 0.3 is 0 Å². The highest BCUT2D eigenvalue weighted by molar-refractivity contribution is 6.04. The van der Waals surface area contributed by atoms with Crippen molar-refractivity contribution < 1.29 is 4.79 Å². The monoisotopic (exact) mass is 495 g/mol. The number of carbonyl (C=O) groups excluding carboxylic acids is 1. The van der Waals surface area contributed by atoms with Crippen molar-refractivity contribution in [1.29, 1.82) is 0 Å². The van der Waals surface area contributed by atoms with Gasteiger partial charge in [0, 0.05) is 43.8 Å². The molecule has 0 aliphatic carbocycles. The highest BCUT2D eigenvalue weighted by atomic mass is 16.2. The third-order valence-electron chi connectivity index (χ3n) is 6.93. The first kappa shape index (κ1) is 24.7. The predicted octanol–water partition coefficient (Wildman–Crippen LogP) is 3.70. The molecule has 0 spiro atoms. The number of nitrogens with one attached hydrogen (secondary N) is 1. The van der Waals surface area contributed by atoms with E-state index in [0.717, 1.165) is 44.7 Å². The van der Waals surface area contributed by atoms with Crippen LogP contribution in [0.5, 0.6) is 0 Å². The first-order chi connectivity index (χ1) is 18.1. The molecule has 0 saturated carbocycles. The van der Waals surface area contributed by atoms with Crippen molar-refractivity contribution >= 4 is 22.4 Å². The van der Waals surface area contributed by atoms with E-state index in [9.17, 15) is 9.59 Å². The smallest absolute Gasteiger partial charge is 0.274 e. The summed E-state index contributed by atoms with van der Waals surface area (Å²) in [7, 11) is 0. The number of amides is 1. The number of hydrogen-bond donors (Lipinski definition) is 1. The van der Waals surface area contributed by atoms with Gasteiger partial charge in [-0.2, -0.15) is 5.10 Å². The molecule has 1 fully saturated rings. The quantitative estimate of drug-likeness (QED) is 0.378. The fourth-order valence-corrected chi connectivity index (χ4v) is 4.91. The molecule has 7 nitrogen and oxygen atoms in total. The van der Waals surface area contributed by atoms with Crippen LogP contribution in [0.3, 0.4) is 0 Å². The summed E-state index contributed by atoms with van der Waals surface area (Å²) in [6, 6.07) is 25.5. The molecule has 37 heavy (non-hydrogen) atoms. The van der Waals surface area contributed by atoms with E-state index < -0.39 is 0 Å². The van der Waals surface area contributed by atoms with Crippen LogP contribution < -0.4 is 15.8 Å². The number of aryl methyl sites for hydroxylation is 1. The van der Waals surface area contributed by atoms with E-state index in [1.807, 2.05) is 42.5 Å². The summed E-state index contributed by atoms with van der Waals surface area (Å²) in [5.41, 5.74) is 3.63. The molecule has 1 N–H and O–H groups in total. The van der Waals surface area contributed by atoms with Gasteiger partial charge in [-0.05, 0) is 49.2 Å². The zero-order chi connectivity index (χ0) is 25.6. The highest BCUT2D eigenvalue weighted by Gasteiger charge is 2.19. The Balaban J connectivity index is 1.18. The minimum atomic E-state index is -0.248. The second-order valence-electron chi connectivity index (χ2n) is 9.62. The zero-order valence-corrected chi connectivity index (χ0v) is 21.3. The Morgan fingerprint density at radius 3 is 2.38 bits per heavy atom. The largest absolute Gasteiger partial charge is 0.369 e. The molecule has 1 saturated heterocycles. The van der Waals surface area contributed by atoms with Crippen molar-refractivity contribution in [2.75, 3.05) is 44.2 Å². The molecular weight excluding hydrogens is 462 g/mol. The van der Waals surface area contributed by atoms with Gasteiger partial charge in [0.1, 0.15) is 0 Å². The van der Waals surface area contributed by atoms with E-state index in [0.29, 0.717) is 23.9 Å². The lowest BCUT2D eigenvalue weighted by molar-refractivity contribution is 0.0946. The number of fused-ring (bicyclic) bond motifs is 1. The first-order valence-corrected chi connectivity index (χ1v) is 12.9. The summed E-state index contributed by atoms with van der Waals surface area (Å²) < 4.78 is 1.39. The molecule has 5 rings (SSSR count). The van der Waals surface area contributed by atoms with Crippen LogP contribution in [0.4, 0.5) is 5.69 Å². The van der Waals surface area contributed by atoms with Gasteiger partial charge in [0.2, 0.25) is 0 Å². The minimum Gasteiger partial charge on any atom is -0.369 e. The molecule has 1 aliphatic heterocycles. The van der Waals surface area contributed by atoms with Gasteiger partial charge in [0.25, 0.3) is 11.5 Å². The van der Waals surface area contributed by atoms with E-state index in [1.165, 1.54) is 15.9 Å². The molecule has 0 atom stereocenters. The second kappa shape index (κ2) is 11.4. The fraction of sp³-hybridized carbons (Fsp3) is 0.300. The zero-order valence-electron chi connectivity index (χ0n) is 21.3. The topological polar surface area (TPSA) is 70.5 Å². The normalized spacial score (nSPS) is 14.1. The van der Waals surface area contributed by atoms with Crippen LogP contribution in [0.15, 0.2) is 83.7 Å². The number of anilines is 1. The second-order valence-corrected chi connectivity index (χ2v) is 9.62. The Morgan fingerprint density at radius 1 is 0.892 bits per heavy atom. The van der Waals surface area contributed by atoms with E-state index in [-0.39, 0.29) is 17.2 Å². The Bertz CT molecular complexity index is 1430. The molecule has 4 aromatic rings. The summed E-state index contributed by atoms with van der Waals surface area (Å²) in [5.74, 6) is -0.248. The SMILES string of the molecule is Cc1cccc(N2CCN(CCCNC(=O)c3nn(Cc4ccccc4)c(=O)c4ccccc34)CC2)c1. The number of hydrogen-bond acceptors (Lipinski definition) is 5. The van der Waals surface area contributed by atoms with Crippen molar-refractivity contribution in [3.63, 3.8) is 0 Å². The summed E-state index contributed by atoms with van der Waals surface area (Å²) in [6.45, 7) is 7.98. The number of aromatic nitrogens is 2. The van der Waals surface area contributed by atoms with E-state index in [2.05, 4.69) is 51.4 Å². The number of benzene rings is 3. The van der Waals surface area contributed by atoms with E-state index >= 15 is 0 Å². The van der Waals surface area contributed by atoms with Crippen LogP contribution in [-0.2, 0) is 6.54 Å². The molecular formula is C30H33N5O2.